The van der Waals surface area contributed by atoms with Gasteiger partial charge in [0.15, 0.2) is 5.96 Å². The molecule has 0 amide bonds. The number of nitrogens with zero attached hydrogens (tertiary/aromatic N) is 1. The predicted octanol–water partition coefficient (Wildman–Crippen LogP) is 0.739. The monoisotopic (exact) mass is 269 g/mol. The maximum Gasteiger partial charge on any atom is 0.191 e. The van der Waals surface area contributed by atoms with Crippen LogP contribution in [0.4, 0.5) is 0 Å². The third-order valence-electron chi connectivity index (χ3n) is 4.18. The van der Waals surface area contributed by atoms with E-state index < -0.39 is 0 Å². The lowest BCUT2D eigenvalue weighted by molar-refractivity contribution is 0.131. The standard InChI is InChI=1S/C14H27N3O2/c1-3-15-13(17-12-8-11(12)2)16-9-14(4-6-18)5-7-19-10-14/h11-12,18H,3-10H2,1-2H3,(H2,15,16,17). The first-order chi connectivity index (χ1) is 9.19. The first-order valence-electron chi connectivity index (χ1n) is 7.42. The van der Waals surface area contributed by atoms with Crippen LogP contribution in [-0.4, -0.2) is 50.0 Å². The Hall–Kier alpha value is -0.810. The van der Waals surface area contributed by atoms with Crippen molar-refractivity contribution in [3.63, 3.8) is 0 Å². The van der Waals surface area contributed by atoms with Crippen LogP contribution in [0, 0.1) is 11.3 Å². The summed E-state index contributed by atoms with van der Waals surface area (Å²) < 4.78 is 5.49. The van der Waals surface area contributed by atoms with Gasteiger partial charge in [-0.05, 0) is 32.1 Å². The second-order valence-electron chi connectivity index (χ2n) is 5.94. The zero-order chi connectivity index (χ0) is 13.7. The zero-order valence-electron chi connectivity index (χ0n) is 12.1. The van der Waals surface area contributed by atoms with Gasteiger partial charge in [-0.2, -0.15) is 0 Å². The van der Waals surface area contributed by atoms with Gasteiger partial charge < -0.3 is 20.5 Å². The van der Waals surface area contributed by atoms with Crippen LogP contribution < -0.4 is 10.6 Å². The number of nitrogens with one attached hydrogen (secondary N) is 2. The number of ether oxygens (including phenoxy) is 1. The Morgan fingerprint density at radius 2 is 2.32 bits per heavy atom. The minimum absolute atomic E-state index is 0.0340. The lowest BCUT2D eigenvalue weighted by Gasteiger charge is -2.24. The Labute approximate surface area is 115 Å². The maximum absolute atomic E-state index is 9.22. The van der Waals surface area contributed by atoms with Crippen molar-refractivity contribution in [3.05, 3.63) is 0 Å². The third-order valence-corrected chi connectivity index (χ3v) is 4.18. The summed E-state index contributed by atoms with van der Waals surface area (Å²) in [5.74, 6) is 1.66. The zero-order valence-corrected chi connectivity index (χ0v) is 12.1. The minimum Gasteiger partial charge on any atom is -0.396 e. The van der Waals surface area contributed by atoms with E-state index in [4.69, 9.17) is 9.73 Å². The number of aliphatic imine (C=N–C) groups is 1. The minimum atomic E-state index is 0.0340. The highest BCUT2D eigenvalue weighted by atomic mass is 16.5. The molecule has 0 radical (unpaired) electrons. The first kappa shape index (κ1) is 14.6. The van der Waals surface area contributed by atoms with Crippen molar-refractivity contribution in [2.24, 2.45) is 16.3 Å². The molecule has 3 atom stereocenters. The molecule has 0 aromatic carbocycles. The normalized spacial score (nSPS) is 34.4. The Kier molecular flexibility index (Phi) is 5.05. The van der Waals surface area contributed by atoms with Gasteiger partial charge in [-0.3, -0.25) is 4.99 Å². The number of hydrogen-bond acceptors (Lipinski definition) is 3. The largest absolute Gasteiger partial charge is 0.396 e. The molecular formula is C14H27N3O2. The van der Waals surface area contributed by atoms with Crippen molar-refractivity contribution < 1.29 is 9.84 Å². The second-order valence-corrected chi connectivity index (χ2v) is 5.94. The van der Waals surface area contributed by atoms with Crippen molar-refractivity contribution in [3.8, 4) is 0 Å². The highest BCUT2D eigenvalue weighted by Crippen LogP contribution is 2.33. The summed E-state index contributed by atoms with van der Waals surface area (Å²) in [5, 5.41) is 16.0. The molecule has 2 fully saturated rings. The van der Waals surface area contributed by atoms with Gasteiger partial charge in [0.2, 0.25) is 0 Å². The quantitative estimate of drug-likeness (QED) is 0.491. The molecule has 110 valence electrons. The second kappa shape index (κ2) is 6.57. The molecule has 0 bridgehead atoms. The molecule has 5 nitrogen and oxygen atoms in total. The summed E-state index contributed by atoms with van der Waals surface area (Å²) in [4.78, 5) is 4.70. The van der Waals surface area contributed by atoms with Crippen molar-refractivity contribution in [1.82, 2.24) is 10.6 Å². The van der Waals surface area contributed by atoms with Gasteiger partial charge in [-0.15, -0.1) is 0 Å². The van der Waals surface area contributed by atoms with E-state index >= 15 is 0 Å². The molecule has 1 heterocycles. The van der Waals surface area contributed by atoms with Crippen LogP contribution in [0.1, 0.15) is 33.1 Å². The maximum atomic E-state index is 9.22. The molecule has 2 rings (SSSR count). The first-order valence-corrected chi connectivity index (χ1v) is 7.42. The van der Waals surface area contributed by atoms with Crippen LogP contribution in [0.15, 0.2) is 4.99 Å². The Morgan fingerprint density at radius 3 is 2.84 bits per heavy atom. The van der Waals surface area contributed by atoms with Crippen LogP contribution in [0.25, 0.3) is 0 Å². The van der Waals surface area contributed by atoms with E-state index in [0.717, 1.165) is 51.0 Å². The number of rotatable bonds is 6. The summed E-state index contributed by atoms with van der Waals surface area (Å²) in [6, 6.07) is 0.575. The molecule has 1 aliphatic carbocycles. The average molecular weight is 269 g/mol. The summed E-state index contributed by atoms with van der Waals surface area (Å²) in [6.45, 7) is 7.65. The molecule has 0 spiro atoms. The smallest absolute Gasteiger partial charge is 0.191 e. The molecular weight excluding hydrogens is 242 g/mol. The fourth-order valence-corrected chi connectivity index (χ4v) is 2.55. The van der Waals surface area contributed by atoms with Crippen molar-refractivity contribution >= 4 is 5.96 Å². The van der Waals surface area contributed by atoms with Gasteiger partial charge in [0.1, 0.15) is 0 Å². The van der Waals surface area contributed by atoms with E-state index in [0.29, 0.717) is 6.04 Å². The average Bonchev–Trinajstić information content (AvgIpc) is 2.90. The van der Waals surface area contributed by atoms with Gasteiger partial charge >= 0.3 is 0 Å². The summed E-state index contributed by atoms with van der Waals surface area (Å²) >= 11 is 0. The van der Waals surface area contributed by atoms with E-state index in [-0.39, 0.29) is 12.0 Å². The molecule has 1 aliphatic heterocycles. The number of aliphatic hydroxyl groups excluding tert-OH is 1. The molecule has 1 saturated carbocycles. The van der Waals surface area contributed by atoms with Crippen LogP contribution in [0.3, 0.4) is 0 Å². The van der Waals surface area contributed by atoms with Crippen LogP contribution in [-0.2, 0) is 4.74 Å². The highest BCUT2D eigenvalue weighted by Gasteiger charge is 2.35. The number of hydrogen-bond donors (Lipinski definition) is 3. The van der Waals surface area contributed by atoms with Crippen LogP contribution in [0.2, 0.25) is 0 Å². The predicted molar refractivity (Wildman–Crippen MR) is 76.3 cm³/mol. The summed E-state index contributed by atoms with van der Waals surface area (Å²) in [5.41, 5.74) is 0.0340. The lowest BCUT2D eigenvalue weighted by Crippen LogP contribution is -2.40. The summed E-state index contributed by atoms with van der Waals surface area (Å²) in [7, 11) is 0. The van der Waals surface area contributed by atoms with Gasteiger partial charge in [0.05, 0.1) is 13.2 Å². The van der Waals surface area contributed by atoms with E-state index in [1.54, 1.807) is 0 Å². The third kappa shape index (κ3) is 4.08. The van der Waals surface area contributed by atoms with E-state index in [9.17, 15) is 5.11 Å². The topological polar surface area (TPSA) is 65.9 Å². The van der Waals surface area contributed by atoms with Gasteiger partial charge in [-0.1, -0.05) is 6.92 Å². The van der Waals surface area contributed by atoms with Gasteiger partial charge in [0, 0.05) is 31.2 Å². The molecule has 19 heavy (non-hydrogen) atoms. The van der Waals surface area contributed by atoms with E-state index in [1.165, 1.54) is 6.42 Å². The van der Waals surface area contributed by atoms with E-state index in [2.05, 4.69) is 24.5 Å². The van der Waals surface area contributed by atoms with Gasteiger partial charge in [-0.25, -0.2) is 0 Å². The number of aliphatic hydroxyl groups is 1. The van der Waals surface area contributed by atoms with Crippen molar-refractivity contribution in [2.75, 3.05) is 32.9 Å². The lowest BCUT2D eigenvalue weighted by atomic mass is 9.84. The van der Waals surface area contributed by atoms with Crippen molar-refractivity contribution in [1.29, 1.82) is 0 Å². The Bertz CT molecular complexity index is 314. The highest BCUT2D eigenvalue weighted by molar-refractivity contribution is 5.80. The van der Waals surface area contributed by atoms with Crippen molar-refractivity contribution in [2.45, 2.75) is 39.2 Å². The summed E-state index contributed by atoms with van der Waals surface area (Å²) in [6.07, 6.45) is 3.00. The molecule has 2 aliphatic rings. The van der Waals surface area contributed by atoms with E-state index in [1.807, 2.05) is 0 Å². The van der Waals surface area contributed by atoms with Gasteiger partial charge in [0.25, 0.3) is 0 Å². The molecule has 3 unspecified atom stereocenters. The SMILES string of the molecule is CCNC(=NCC1(CCO)CCOC1)NC1CC1C. The fourth-order valence-electron chi connectivity index (χ4n) is 2.55. The molecule has 0 aromatic heterocycles. The van der Waals surface area contributed by atoms with Crippen LogP contribution in [0.5, 0.6) is 0 Å². The van der Waals surface area contributed by atoms with Crippen LogP contribution >= 0.6 is 0 Å². The molecule has 1 saturated heterocycles. The Morgan fingerprint density at radius 1 is 1.53 bits per heavy atom. The Balaban J connectivity index is 1.91. The molecule has 5 heteroatoms. The molecule has 3 N–H and O–H groups in total. The number of guanidine groups is 1. The molecule has 0 aromatic rings. The fraction of sp³-hybridized carbons (Fsp3) is 0.929.